The minimum Gasteiger partial charge on any atom is -0.316 e. The van der Waals surface area contributed by atoms with Gasteiger partial charge in [-0.25, -0.2) is 8.78 Å². The van der Waals surface area contributed by atoms with E-state index in [1.54, 1.807) is 11.9 Å². The van der Waals surface area contributed by atoms with Gasteiger partial charge in [0.15, 0.2) is 0 Å². The molecule has 0 aliphatic carbocycles. The van der Waals surface area contributed by atoms with E-state index in [9.17, 15) is 8.78 Å². The van der Waals surface area contributed by atoms with Crippen LogP contribution in [0.1, 0.15) is 19.8 Å². The average molecular weight is 194 g/mol. The molecular formula is C9H20F2N2. The molecule has 0 spiro atoms. The topological polar surface area (TPSA) is 15.3 Å². The van der Waals surface area contributed by atoms with E-state index in [4.69, 9.17) is 0 Å². The summed E-state index contributed by atoms with van der Waals surface area (Å²) in [6.07, 6.45) is -0.123. The van der Waals surface area contributed by atoms with E-state index in [0.29, 0.717) is 12.6 Å². The van der Waals surface area contributed by atoms with E-state index in [1.807, 2.05) is 7.05 Å². The molecule has 0 radical (unpaired) electrons. The van der Waals surface area contributed by atoms with Gasteiger partial charge in [-0.05, 0) is 20.5 Å². The third-order valence-electron chi connectivity index (χ3n) is 2.03. The fourth-order valence-corrected chi connectivity index (χ4v) is 1.36. The highest BCUT2D eigenvalue weighted by Crippen LogP contribution is 2.01. The van der Waals surface area contributed by atoms with Crippen LogP contribution >= 0.6 is 0 Å². The summed E-state index contributed by atoms with van der Waals surface area (Å²) < 4.78 is 23.9. The van der Waals surface area contributed by atoms with E-state index >= 15 is 0 Å². The van der Waals surface area contributed by atoms with Crippen molar-refractivity contribution in [1.82, 2.24) is 10.2 Å². The van der Waals surface area contributed by atoms with Crippen molar-refractivity contribution in [2.75, 3.05) is 27.2 Å². The number of alkyl halides is 2. The van der Waals surface area contributed by atoms with E-state index in [-0.39, 0.29) is 6.54 Å². The lowest BCUT2D eigenvalue weighted by atomic mass is 10.1. The molecule has 0 rings (SSSR count). The molecule has 0 heterocycles. The minimum absolute atomic E-state index is 0.137. The van der Waals surface area contributed by atoms with E-state index < -0.39 is 6.43 Å². The van der Waals surface area contributed by atoms with Crippen LogP contribution in [0.2, 0.25) is 0 Å². The third kappa shape index (κ3) is 6.90. The molecule has 0 aromatic carbocycles. The molecule has 0 saturated carbocycles. The molecule has 0 bridgehead atoms. The smallest absolute Gasteiger partial charge is 0.251 e. The van der Waals surface area contributed by atoms with Crippen molar-refractivity contribution in [3.63, 3.8) is 0 Å². The molecule has 13 heavy (non-hydrogen) atoms. The molecule has 4 heteroatoms. The number of rotatable bonds is 7. The Morgan fingerprint density at radius 3 is 2.31 bits per heavy atom. The Balaban J connectivity index is 3.65. The average Bonchev–Trinajstić information content (AvgIpc) is 2.02. The first-order valence-electron chi connectivity index (χ1n) is 4.74. The number of likely N-dealkylation sites (N-methyl/N-ethyl adjacent to an activating group) is 2. The lowest BCUT2D eigenvalue weighted by Crippen LogP contribution is -2.39. The summed E-state index contributed by atoms with van der Waals surface area (Å²) in [6.45, 7) is 2.65. The molecule has 1 atom stereocenters. The van der Waals surface area contributed by atoms with Crippen molar-refractivity contribution in [3.05, 3.63) is 0 Å². The highest BCUT2D eigenvalue weighted by molar-refractivity contribution is 4.68. The van der Waals surface area contributed by atoms with Crippen LogP contribution in [0, 0.1) is 0 Å². The molecule has 80 valence electrons. The largest absolute Gasteiger partial charge is 0.316 e. The monoisotopic (exact) mass is 194 g/mol. The van der Waals surface area contributed by atoms with Gasteiger partial charge in [0.05, 0.1) is 6.54 Å². The number of hydrogen-bond acceptors (Lipinski definition) is 2. The molecule has 0 saturated heterocycles. The fraction of sp³-hybridized carbons (Fsp3) is 1.00. The molecule has 0 aliphatic heterocycles. The SMILES string of the molecule is CCCC(CN(C)CC(F)F)NC. The van der Waals surface area contributed by atoms with Crippen molar-refractivity contribution >= 4 is 0 Å². The molecule has 0 aromatic heterocycles. The second-order valence-corrected chi connectivity index (χ2v) is 3.39. The van der Waals surface area contributed by atoms with Gasteiger partial charge in [0.25, 0.3) is 6.43 Å². The minimum atomic E-state index is -2.23. The van der Waals surface area contributed by atoms with Crippen LogP contribution in [-0.2, 0) is 0 Å². The van der Waals surface area contributed by atoms with Gasteiger partial charge in [-0.2, -0.15) is 0 Å². The number of nitrogens with one attached hydrogen (secondary N) is 1. The highest BCUT2D eigenvalue weighted by atomic mass is 19.3. The fourth-order valence-electron chi connectivity index (χ4n) is 1.36. The number of hydrogen-bond donors (Lipinski definition) is 1. The van der Waals surface area contributed by atoms with Gasteiger partial charge in [0.1, 0.15) is 0 Å². The first-order chi connectivity index (χ1) is 6.10. The summed E-state index contributed by atoms with van der Waals surface area (Å²) in [7, 11) is 3.60. The van der Waals surface area contributed by atoms with Crippen molar-refractivity contribution in [2.24, 2.45) is 0 Å². The van der Waals surface area contributed by atoms with Crippen molar-refractivity contribution in [2.45, 2.75) is 32.2 Å². The summed E-state index contributed by atoms with van der Waals surface area (Å²) in [5.74, 6) is 0. The maximum atomic E-state index is 12.0. The molecule has 1 N–H and O–H groups in total. The summed E-state index contributed by atoms with van der Waals surface area (Å²) in [6, 6.07) is 0.328. The van der Waals surface area contributed by atoms with Crippen LogP contribution in [0.3, 0.4) is 0 Å². The normalized spacial score (nSPS) is 14.1. The first-order valence-corrected chi connectivity index (χ1v) is 4.74. The lowest BCUT2D eigenvalue weighted by molar-refractivity contribution is 0.0958. The maximum absolute atomic E-state index is 12.0. The quantitative estimate of drug-likeness (QED) is 0.662. The second kappa shape index (κ2) is 7.21. The summed E-state index contributed by atoms with van der Waals surface area (Å²) in [5.41, 5.74) is 0. The second-order valence-electron chi connectivity index (χ2n) is 3.39. The Bertz CT molecular complexity index is 120. The predicted octanol–water partition coefficient (Wildman–Crippen LogP) is 1.57. The van der Waals surface area contributed by atoms with Crippen molar-refractivity contribution < 1.29 is 8.78 Å². The molecule has 0 amide bonds. The zero-order valence-corrected chi connectivity index (χ0v) is 8.69. The molecule has 0 aliphatic rings. The number of halogens is 2. The zero-order valence-electron chi connectivity index (χ0n) is 8.69. The standard InChI is InChI=1S/C9H20F2N2/c1-4-5-8(12-2)6-13(3)7-9(10)11/h8-9,12H,4-7H2,1-3H3. The van der Waals surface area contributed by atoms with Gasteiger partial charge in [-0.15, -0.1) is 0 Å². The third-order valence-corrected chi connectivity index (χ3v) is 2.03. The molecule has 0 aromatic rings. The van der Waals surface area contributed by atoms with E-state index in [0.717, 1.165) is 12.8 Å². The molecular weight excluding hydrogens is 174 g/mol. The Kier molecular flexibility index (Phi) is 7.09. The summed E-state index contributed by atoms with van der Waals surface area (Å²) in [4.78, 5) is 1.67. The van der Waals surface area contributed by atoms with Gasteiger partial charge in [0, 0.05) is 12.6 Å². The van der Waals surface area contributed by atoms with Crippen molar-refractivity contribution in [3.8, 4) is 0 Å². The molecule has 1 unspecified atom stereocenters. The zero-order chi connectivity index (χ0) is 10.3. The predicted molar refractivity (Wildman–Crippen MR) is 51.3 cm³/mol. The Morgan fingerprint density at radius 2 is 1.92 bits per heavy atom. The van der Waals surface area contributed by atoms with Crippen LogP contribution in [0.5, 0.6) is 0 Å². The Labute approximate surface area is 79.3 Å². The van der Waals surface area contributed by atoms with E-state index in [2.05, 4.69) is 12.2 Å². The molecule has 0 fully saturated rings. The Morgan fingerprint density at radius 1 is 1.31 bits per heavy atom. The van der Waals surface area contributed by atoms with E-state index in [1.165, 1.54) is 0 Å². The van der Waals surface area contributed by atoms with Gasteiger partial charge >= 0.3 is 0 Å². The van der Waals surface area contributed by atoms with Gasteiger partial charge < -0.3 is 5.32 Å². The van der Waals surface area contributed by atoms with Crippen LogP contribution in [0.15, 0.2) is 0 Å². The Hall–Kier alpha value is -0.220. The van der Waals surface area contributed by atoms with Gasteiger partial charge in [-0.3, -0.25) is 4.90 Å². The maximum Gasteiger partial charge on any atom is 0.251 e. The van der Waals surface area contributed by atoms with Gasteiger partial charge in [-0.1, -0.05) is 13.3 Å². The van der Waals surface area contributed by atoms with Crippen molar-refractivity contribution in [1.29, 1.82) is 0 Å². The lowest BCUT2D eigenvalue weighted by Gasteiger charge is -2.22. The van der Waals surface area contributed by atoms with Crippen LogP contribution < -0.4 is 5.32 Å². The summed E-state index contributed by atoms with van der Waals surface area (Å²) in [5, 5.41) is 3.12. The van der Waals surface area contributed by atoms with Gasteiger partial charge in [0.2, 0.25) is 0 Å². The van der Waals surface area contributed by atoms with Crippen LogP contribution in [-0.4, -0.2) is 44.6 Å². The van der Waals surface area contributed by atoms with Crippen LogP contribution in [0.25, 0.3) is 0 Å². The highest BCUT2D eigenvalue weighted by Gasteiger charge is 2.12. The first kappa shape index (κ1) is 12.8. The van der Waals surface area contributed by atoms with Crippen LogP contribution in [0.4, 0.5) is 8.78 Å². The number of nitrogens with zero attached hydrogens (tertiary/aromatic N) is 1. The summed E-state index contributed by atoms with van der Waals surface area (Å²) >= 11 is 0. The molecule has 2 nitrogen and oxygen atoms in total.